The van der Waals surface area contributed by atoms with Gasteiger partial charge in [0.2, 0.25) is 15.9 Å². The summed E-state index contributed by atoms with van der Waals surface area (Å²) in [5, 5.41) is 11.4. The van der Waals surface area contributed by atoms with Gasteiger partial charge < -0.3 is 10.4 Å². The van der Waals surface area contributed by atoms with Crippen LogP contribution in [0.15, 0.2) is 0 Å². The number of sulfonamides is 1. The Bertz CT molecular complexity index is 313. The summed E-state index contributed by atoms with van der Waals surface area (Å²) in [7, 11) is -3.39. The number of aliphatic hydroxyl groups is 1. The standard InChI is InChI=1S/C9H20N2O4S/c1-4-5-16(14,15)11-8(3)9(13)10-6-7(2)12/h7-8,11-12H,4-6H2,1-3H3,(H,10,13)/t7-,8?/m1/s1. The zero-order chi connectivity index (χ0) is 12.8. The van der Waals surface area contributed by atoms with Crippen LogP contribution in [0.1, 0.15) is 27.2 Å². The van der Waals surface area contributed by atoms with Crippen LogP contribution in [0.2, 0.25) is 0 Å². The number of carbonyl (C=O) groups is 1. The molecule has 0 aromatic carbocycles. The number of amides is 1. The summed E-state index contributed by atoms with van der Waals surface area (Å²) in [6.07, 6.45) is -0.152. The van der Waals surface area contributed by atoms with E-state index in [0.29, 0.717) is 6.42 Å². The molecule has 0 rings (SSSR count). The molecule has 1 amide bonds. The van der Waals surface area contributed by atoms with Crippen molar-refractivity contribution in [3.63, 3.8) is 0 Å². The van der Waals surface area contributed by atoms with Crippen LogP contribution in [0.25, 0.3) is 0 Å². The van der Waals surface area contributed by atoms with E-state index in [1.807, 2.05) is 0 Å². The Kier molecular flexibility index (Phi) is 6.54. The van der Waals surface area contributed by atoms with Gasteiger partial charge in [-0.15, -0.1) is 0 Å². The van der Waals surface area contributed by atoms with Crippen LogP contribution >= 0.6 is 0 Å². The van der Waals surface area contributed by atoms with Gasteiger partial charge in [-0.1, -0.05) is 6.92 Å². The molecule has 0 radical (unpaired) electrons. The number of hydrogen-bond donors (Lipinski definition) is 3. The SMILES string of the molecule is CCCS(=O)(=O)NC(C)C(=O)NC[C@@H](C)O. The van der Waals surface area contributed by atoms with Crippen molar-refractivity contribution in [3.8, 4) is 0 Å². The van der Waals surface area contributed by atoms with Crippen LogP contribution < -0.4 is 10.0 Å². The lowest BCUT2D eigenvalue weighted by Gasteiger charge is -2.14. The molecule has 0 saturated heterocycles. The third-order valence-electron chi connectivity index (χ3n) is 1.79. The first kappa shape index (κ1) is 15.3. The van der Waals surface area contributed by atoms with Gasteiger partial charge in [-0.2, -0.15) is 0 Å². The fraction of sp³-hybridized carbons (Fsp3) is 0.889. The van der Waals surface area contributed by atoms with E-state index in [0.717, 1.165) is 0 Å². The molecule has 96 valence electrons. The predicted octanol–water partition coefficient (Wildman–Crippen LogP) is -0.799. The smallest absolute Gasteiger partial charge is 0.237 e. The van der Waals surface area contributed by atoms with Crippen LogP contribution in [0, 0.1) is 0 Å². The normalized spacial score (nSPS) is 15.5. The molecule has 0 aliphatic rings. The maximum atomic E-state index is 11.4. The average Bonchev–Trinajstić information content (AvgIpc) is 2.12. The van der Waals surface area contributed by atoms with E-state index in [-0.39, 0.29) is 12.3 Å². The van der Waals surface area contributed by atoms with Gasteiger partial charge in [0, 0.05) is 6.54 Å². The second kappa shape index (κ2) is 6.82. The molecule has 0 aromatic heterocycles. The number of hydrogen-bond acceptors (Lipinski definition) is 4. The third-order valence-corrected chi connectivity index (χ3v) is 3.45. The molecule has 0 aliphatic heterocycles. The first-order valence-electron chi connectivity index (χ1n) is 5.24. The van der Waals surface area contributed by atoms with Gasteiger partial charge in [-0.3, -0.25) is 4.79 Å². The molecule has 3 N–H and O–H groups in total. The number of aliphatic hydroxyl groups excluding tert-OH is 1. The lowest BCUT2D eigenvalue weighted by atomic mass is 10.3. The van der Waals surface area contributed by atoms with Gasteiger partial charge in [0.1, 0.15) is 0 Å². The molecular weight excluding hydrogens is 232 g/mol. The highest BCUT2D eigenvalue weighted by Gasteiger charge is 2.19. The zero-order valence-corrected chi connectivity index (χ0v) is 10.7. The Hall–Kier alpha value is -0.660. The van der Waals surface area contributed by atoms with Crippen LogP contribution in [-0.2, 0) is 14.8 Å². The Morgan fingerprint density at radius 3 is 2.38 bits per heavy atom. The third kappa shape index (κ3) is 6.76. The zero-order valence-electron chi connectivity index (χ0n) is 9.86. The van der Waals surface area contributed by atoms with E-state index in [1.165, 1.54) is 13.8 Å². The van der Waals surface area contributed by atoms with Crippen molar-refractivity contribution < 1.29 is 18.3 Å². The summed E-state index contributed by atoms with van der Waals surface area (Å²) >= 11 is 0. The lowest BCUT2D eigenvalue weighted by Crippen LogP contribution is -2.46. The van der Waals surface area contributed by atoms with Gasteiger partial charge in [0.05, 0.1) is 17.9 Å². The Balaban J connectivity index is 4.15. The summed E-state index contributed by atoms with van der Waals surface area (Å²) < 4.78 is 24.9. The monoisotopic (exact) mass is 252 g/mol. The molecule has 6 nitrogen and oxygen atoms in total. The maximum Gasteiger partial charge on any atom is 0.237 e. The minimum Gasteiger partial charge on any atom is -0.392 e. The van der Waals surface area contributed by atoms with Crippen molar-refractivity contribution in [1.29, 1.82) is 0 Å². The topological polar surface area (TPSA) is 95.5 Å². The van der Waals surface area contributed by atoms with Crippen LogP contribution in [0.5, 0.6) is 0 Å². The molecule has 0 aliphatic carbocycles. The Morgan fingerprint density at radius 2 is 1.94 bits per heavy atom. The highest BCUT2D eigenvalue weighted by molar-refractivity contribution is 7.89. The average molecular weight is 252 g/mol. The maximum absolute atomic E-state index is 11.4. The molecule has 7 heteroatoms. The molecule has 0 aromatic rings. The minimum absolute atomic E-state index is 0.00101. The largest absolute Gasteiger partial charge is 0.392 e. The van der Waals surface area contributed by atoms with E-state index in [4.69, 9.17) is 5.11 Å². The number of nitrogens with one attached hydrogen (secondary N) is 2. The molecule has 0 spiro atoms. The number of carbonyl (C=O) groups excluding carboxylic acids is 1. The van der Waals surface area contributed by atoms with Gasteiger partial charge in [-0.25, -0.2) is 13.1 Å². The van der Waals surface area contributed by atoms with Crippen molar-refractivity contribution in [2.75, 3.05) is 12.3 Å². The number of rotatable bonds is 7. The summed E-state index contributed by atoms with van der Waals surface area (Å²) in [6, 6.07) is -0.824. The fourth-order valence-electron chi connectivity index (χ4n) is 1.05. The summed E-state index contributed by atoms with van der Waals surface area (Å²) in [5.74, 6) is -0.443. The van der Waals surface area contributed by atoms with Gasteiger partial charge in [0.25, 0.3) is 0 Å². The van der Waals surface area contributed by atoms with Crippen LogP contribution in [0.4, 0.5) is 0 Å². The highest BCUT2D eigenvalue weighted by atomic mass is 32.2. The molecule has 1 unspecified atom stereocenters. The van der Waals surface area contributed by atoms with E-state index in [9.17, 15) is 13.2 Å². The molecule has 2 atom stereocenters. The minimum atomic E-state index is -3.39. The van der Waals surface area contributed by atoms with E-state index in [2.05, 4.69) is 10.0 Å². The molecule has 16 heavy (non-hydrogen) atoms. The Morgan fingerprint density at radius 1 is 1.38 bits per heavy atom. The first-order chi connectivity index (χ1) is 7.28. The predicted molar refractivity (Wildman–Crippen MR) is 61.4 cm³/mol. The summed E-state index contributed by atoms with van der Waals surface area (Å²) in [4.78, 5) is 11.4. The van der Waals surface area contributed by atoms with Crippen LogP contribution in [0.3, 0.4) is 0 Å². The van der Waals surface area contributed by atoms with Gasteiger partial charge in [-0.05, 0) is 20.3 Å². The van der Waals surface area contributed by atoms with E-state index < -0.39 is 28.1 Å². The second-order valence-electron chi connectivity index (χ2n) is 3.75. The summed E-state index contributed by atoms with van der Waals surface area (Å²) in [6.45, 7) is 4.85. The fourth-order valence-corrected chi connectivity index (χ4v) is 2.35. The van der Waals surface area contributed by atoms with Gasteiger partial charge >= 0.3 is 0 Å². The van der Waals surface area contributed by atoms with Crippen molar-refractivity contribution >= 4 is 15.9 Å². The van der Waals surface area contributed by atoms with E-state index >= 15 is 0 Å². The lowest BCUT2D eigenvalue weighted by molar-refractivity contribution is -0.122. The van der Waals surface area contributed by atoms with Crippen molar-refractivity contribution in [3.05, 3.63) is 0 Å². The van der Waals surface area contributed by atoms with Crippen molar-refractivity contribution in [1.82, 2.24) is 10.0 Å². The van der Waals surface area contributed by atoms with E-state index in [1.54, 1.807) is 6.92 Å². The van der Waals surface area contributed by atoms with Crippen LogP contribution in [-0.4, -0.2) is 43.9 Å². The highest BCUT2D eigenvalue weighted by Crippen LogP contribution is 1.92. The second-order valence-corrected chi connectivity index (χ2v) is 5.63. The molecule has 0 fully saturated rings. The quantitative estimate of drug-likeness (QED) is 0.553. The van der Waals surface area contributed by atoms with Gasteiger partial charge in [0.15, 0.2) is 0 Å². The Labute approximate surface area is 96.5 Å². The molecule has 0 heterocycles. The van der Waals surface area contributed by atoms with Crippen molar-refractivity contribution in [2.45, 2.75) is 39.3 Å². The molecule has 0 saturated carbocycles. The first-order valence-corrected chi connectivity index (χ1v) is 6.89. The molecular formula is C9H20N2O4S. The van der Waals surface area contributed by atoms with Crippen molar-refractivity contribution in [2.24, 2.45) is 0 Å². The summed E-state index contributed by atoms with van der Waals surface area (Å²) in [5.41, 5.74) is 0. The molecule has 0 bridgehead atoms.